The minimum Gasteiger partial charge on any atom is -0.508 e. The first-order chi connectivity index (χ1) is 9.16. The number of hydrogen-bond acceptors (Lipinski definition) is 3. The fraction of sp³-hybridized carbons (Fsp3) is 0.333. The third-order valence-corrected chi connectivity index (χ3v) is 3.71. The highest BCUT2D eigenvalue weighted by molar-refractivity contribution is 6.04. The molecule has 0 amide bonds. The molecule has 1 aromatic heterocycles. The van der Waals surface area contributed by atoms with Gasteiger partial charge in [-0.15, -0.1) is 0 Å². The molecule has 0 fully saturated rings. The standard InChI is InChI=1S/C15H15NO3/c17-9-6-7-13-11(8-9)14(15(18)19)10-4-2-1-3-5-12(10)16-13/h6-8,17H,1-5H2,(H,18,19). The summed E-state index contributed by atoms with van der Waals surface area (Å²) in [4.78, 5) is 16.2. The van der Waals surface area contributed by atoms with E-state index in [2.05, 4.69) is 4.98 Å². The van der Waals surface area contributed by atoms with E-state index >= 15 is 0 Å². The fourth-order valence-corrected chi connectivity index (χ4v) is 2.83. The first-order valence-electron chi connectivity index (χ1n) is 6.54. The smallest absolute Gasteiger partial charge is 0.336 e. The number of aromatic hydroxyl groups is 1. The predicted octanol–water partition coefficient (Wildman–Crippen LogP) is 2.91. The first-order valence-corrected chi connectivity index (χ1v) is 6.54. The molecule has 0 aliphatic heterocycles. The van der Waals surface area contributed by atoms with Gasteiger partial charge in [-0.05, 0) is 49.4 Å². The molecule has 19 heavy (non-hydrogen) atoms. The SMILES string of the molecule is O=C(O)c1c2c(nc3ccc(O)cc13)CCCCC2. The highest BCUT2D eigenvalue weighted by Crippen LogP contribution is 2.30. The van der Waals surface area contributed by atoms with Crippen LogP contribution in [0.15, 0.2) is 18.2 Å². The molecule has 0 unspecified atom stereocenters. The quantitative estimate of drug-likeness (QED) is 0.770. The predicted molar refractivity (Wildman–Crippen MR) is 71.6 cm³/mol. The number of carbonyl (C=O) groups is 1. The number of fused-ring (bicyclic) bond motifs is 2. The number of carboxylic acids is 1. The van der Waals surface area contributed by atoms with Gasteiger partial charge in [0.2, 0.25) is 0 Å². The van der Waals surface area contributed by atoms with E-state index in [0.29, 0.717) is 16.5 Å². The van der Waals surface area contributed by atoms with Crippen molar-refractivity contribution in [2.24, 2.45) is 0 Å². The molecule has 0 bridgehead atoms. The van der Waals surface area contributed by atoms with Crippen LogP contribution in [0.1, 0.15) is 40.9 Å². The first kappa shape index (κ1) is 12.0. The molecular weight excluding hydrogens is 242 g/mol. The van der Waals surface area contributed by atoms with Crippen LogP contribution in [-0.4, -0.2) is 21.2 Å². The van der Waals surface area contributed by atoms with Gasteiger partial charge in [0.1, 0.15) is 5.75 Å². The lowest BCUT2D eigenvalue weighted by Crippen LogP contribution is -2.08. The van der Waals surface area contributed by atoms with Crippen molar-refractivity contribution in [1.29, 1.82) is 0 Å². The number of aromatic carboxylic acids is 1. The molecule has 1 aromatic carbocycles. The van der Waals surface area contributed by atoms with Crippen LogP contribution < -0.4 is 0 Å². The highest BCUT2D eigenvalue weighted by Gasteiger charge is 2.21. The summed E-state index contributed by atoms with van der Waals surface area (Å²) in [7, 11) is 0. The van der Waals surface area contributed by atoms with Crippen LogP contribution in [-0.2, 0) is 12.8 Å². The average Bonchev–Trinajstić information content (AvgIpc) is 2.60. The van der Waals surface area contributed by atoms with Gasteiger partial charge < -0.3 is 10.2 Å². The van der Waals surface area contributed by atoms with Crippen molar-refractivity contribution >= 4 is 16.9 Å². The average molecular weight is 257 g/mol. The summed E-state index contributed by atoms with van der Waals surface area (Å²) in [5.41, 5.74) is 2.73. The summed E-state index contributed by atoms with van der Waals surface area (Å²) in [6.07, 6.45) is 4.76. The second-order valence-electron chi connectivity index (χ2n) is 4.98. The summed E-state index contributed by atoms with van der Waals surface area (Å²) < 4.78 is 0. The number of aromatic nitrogens is 1. The second-order valence-corrected chi connectivity index (χ2v) is 4.98. The molecular formula is C15H15NO3. The number of hydrogen-bond donors (Lipinski definition) is 2. The van der Waals surface area contributed by atoms with E-state index in [1.165, 1.54) is 6.07 Å². The minimum absolute atomic E-state index is 0.0744. The number of aryl methyl sites for hydroxylation is 1. The maximum Gasteiger partial charge on any atom is 0.336 e. The Hall–Kier alpha value is -2.10. The van der Waals surface area contributed by atoms with Gasteiger partial charge in [-0.2, -0.15) is 0 Å². The summed E-state index contributed by atoms with van der Waals surface area (Å²) in [5, 5.41) is 19.6. The van der Waals surface area contributed by atoms with Crippen molar-refractivity contribution < 1.29 is 15.0 Å². The molecule has 1 aliphatic carbocycles. The molecule has 0 spiro atoms. The van der Waals surface area contributed by atoms with Crippen molar-refractivity contribution in [2.75, 3.05) is 0 Å². The lowest BCUT2D eigenvalue weighted by atomic mass is 9.97. The Morgan fingerprint density at radius 1 is 1.16 bits per heavy atom. The van der Waals surface area contributed by atoms with Crippen LogP contribution in [0.3, 0.4) is 0 Å². The van der Waals surface area contributed by atoms with E-state index in [-0.39, 0.29) is 5.75 Å². The van der Waals surface area contributed by atoms with Crippen LogP contribution in [0.2, 0.25) is 0 Å². The zero-order valence-corrected chi connectivity index (χ0v) is 10.5. The molecule has 2 aromatic rings. The van der Waals surface area contributed by atoms with Crippen LogP contribution in [0.4, 0.5) is 0 Å². The Kier molecular flexibility index (Phi) is 2.85. The van der Waals surface area contributed by atoms with Crippen LogP contribution in [0.25, 0.3) is 10.9 Å². The van der Waals surface area contributed by atoms with Gasteiger partial charge in [0.25, 0.3) is 0 Å². The van der Waals surface area contributed by atoms with Crippen molar-refractivity contribution in [3.8, 4) is 5.75 Å². The van der Waals surface area contributed by atoms with E-state index in [9.17, 15) is 15.0 Å². The van der Waals surface area contributed by atoms with Gasteiger partial charge in [0.15, 0.2) is 0 Å². The Morgan fingerprint density at radius 3 is 2.74 bits per heavy atom. The maximum absolute atomic E-state index is 11.6. The maximum atomic E-state index is 11.6. The fourth-order valence-electron chi connectivity index (χ4n) is 2.83. The molecule has 0 atom stereocenters. The number of carboxylic acid groups (broad SMARTS) is 1. The topological polar surface area (TPSA) is 70.4 Å². The normalized spacial score (nSPS) is 14.9. The number of phenols is 1. The monoisotopic (exact) mass is 257 g/mol. The summed E-state index contributed by atoms with van der Waals surface area (Å²) >= 11 is 0. The number of pyridine rings is 1. The van der Waals surface area contributed by atoms with E-state index in [4.69, 9.17) is 0 Å². The molecule has 3 rings (SSSR count). The molecule has 0 saturated heterocycles. The van der Waals surface area contributed by atoms with Crippen LogP contribution in [0, 0.1) is 0 Å². The highest BCUT2D eigenvalue weighted by atomic mass is 16.4. The van der Waals surface area contributed by atoms with Crippen LogP contribution >= 0.6 is 0 Å². The van der Waals surface area contributed by atoms with Gasteiger partial charge in [-0.25, -0.2) is 4.79 Å². The van der Waals surface area contributed by atoms with Gasteiger partial charge in [-0.3, -0.25) is 4.98 Å². The van der Waals surface area contributed by atoms with E-state index in [1.54, 1.807) is 12.1 Å². The molecule has 1 aliphatic rings. The van der Waals surface area contributed by atoms with E-state index < -0.39 is 5.97 Å². The molecule has 4 heteroatoms. The molecule has 2 N–H and O–H groups in total. The van der Waals surface area contributed by atoms with Crippen LogP contribution in [0.5, 0.6) is 5.75 Å². The third-order valence-electron chi connectivity index (χ3n) is 3.71. The molecule has 1 heterocycles. The zero-order chi connectivity index (χ0) is 13.4. The number of phenolic OH excluding ortho intramolecular Hbond substituents is 1. The molecule has 4 nitrogen and oxygen atoms in total. The van der Waals surface area contributed by atoms with Gasteiger partial charge in [0, 0.05) is 11.1 Å². The summed E-state index contributed by atoms with van der Waals surface area (Å²) in [6.45, 7) is 0. The van der Waals surface area contributed by atoms with Crippen molar-refractivity contribution in [2.45, 2.75) is 32.1 Å². The van der Waals surface area contributed by atoms with E-state index in [1.807, 2.05) is 0 Å². The lowest BCUT2D eigenvalue weighted by molar-refractivity contribution is 0.0697. The van der Waals surface area contributed by atoms with E-state index in [0.717, 1.165) is 43.4 Å². The Labute approximate surface area is 110 Å². The lowest BCUT2D eigenvalue weighted by Gasteiger charge is -2.12. The second kappa shape index (κ2) is 4.53. The van der Waals surface area contributed by atoms with Crippen molar-refractivity contribution in [3.05, 3.63) is 35.0 Å². The Balaban J connectivity index is 2.37. The van der Waals surface area contributed by atoms with Gasteiger partial charge in [0.05, 0.1) is 11.1 Å². The summed E-state index contributed by atoms with van der Waals surface area (Å²) in [5.74, 6) is -0.860. The van der Waals surface area contributed by atoms with Crippen molar-refractivity contribution in [3.63, 3.8) is 0 Å². The molecule has 0 saturated carbocycles. The summed E-state index contributed by atoms with van der Waals surface area (Å²) in [6, 6.07) is 4.73. The number of nitrogens with zero attached hydrogens (tertiary/aromatic N) is 1. The molecule has 98 valence electrons. The minimum atomic E-state index is -0.934. The largest absolute Gasteiger partial charge is 0.508 e. The Morgan fingerprint density at radius 2 is 1.95 bits per heavy atom. The Bertz CT molecular complexity index is 664. The molecule has 0 radical (unpaired) electrons. The number of rotatable bonds is 1. The van der Waals surface area contributed by atoms with Gasteiger partial charge >= 0.3 is 5.97 Å². The van der Waals surface area contributed by atoms with Crippen molar-refractivity contribution in [1.82, 2.24) is 4.98 Å². The van der Waals surface area contributed by atoms with Gasteiger partial charge in [-0.1, -0.05) is 6.42 Å². The zero-order valence-electron chi connectivity index (χ0n) is 10.5. The third kappa shape index (κ3) is 2.03. The number of benzene rings is 1.